The number of thiocarbonyl (C=S) groups is 1. The van der Waals surface area contributed by atoms with E-state index in [2.05, 4.69) is 71.1 Å². The van der Waals surface area contributed by atoms with Gasteiger partial charge in [-0.15, -0.1) is 0 Å². The minimum Gasteiger partial charge on any atom is -0.507 e. The van der Waals surface area contributed by atoms with Crippen LogP contribution >= 0.6 is 24.0 Å². The lowest BCUT2D eigenvalue weighted by Crippen LogP contribution is -2.18. The van der Waals surface area contributed by atoms with Crippen LogP contribution in [0.2, 0.25) is 0 Å². The van der Waals surface area contributed by atoms with Crippen LogP contribution in [0.1, 0.15) is 58.2 Å². The lowest BCUT2D eigenvalue weighted by atomic mass is 9.78. The van der Waals surface area contributed by atoms with Crippen LogP contribution in [0, 0.1) is 0 Å². The molecule has 0 bridgehead atoms. The molecule has 0 radical (unpaired) electrons. The predicted molar refractivity (Wildman–Crippen MR) is 122 cm³/mol. The molecule has 3 rings (SSSR count). The second kappa shape index (κ2) is 6.99. The molecule has 2 nitrogen and oxygen atoms in total. The Morgan fingerprint density at radius 3 is 2.07 bits per heavy atom. The first kappa shape index (κ1) is 20.0. The fraction of sp³-hybridized carbons (Fsp3) is 0.348. The number of phenolic OH excluding ortho intramolecular Hbond substituents is 1. The van der Waals surface area contributed by atoms with Crippen molar-refractivity contribution in [1.82, 2.24) is 0 Å². The summed E-state index contributed by atoms with van der Waals surface area (Å²) < 4.78 is 0. The van der Waals surface area contributed by atoms with E-state index in [9.17, 15) is 5.11 Å². The maximum atomic E-state index is 10.9. The first-order valence-electron chi connectivity index (χ1n) is 9.15. The van der Waals surface area contributed by atoms with Crippen molar-refractivity contribution in [3.63, 3.8) is 0 Å². The van der Waals surface area contributed by atoms with Crippen LogP contribution in [-0.2, 0) is 10.8 Å². The number of benzene rings is 2. The first-order chi connectivity index (χ1) is 12.5. The monoisotopic (exact) mass is 397 g/mol. The Labute approximate surface area is 172 Å². The number of thioether (sulfide) groups is 1. The van der Waals surface area contributed by atoms with Gasteiger partial charge in [-0.3, -0.25) is 0 Å². The van der Waals surface area contributed by atoms with E-state index in [4.69, 9.17) is 12.2 Å². The second-order valence-corrected chi connectivity index (χ2v) is 10.5. The largest absolute Gasteiger partial charge is 0.507 e. The number of para-hydroxylation sites is 1. The van der Waals surface area contributed by atoms with Crippen LogP contribution in [0.4, 0.5) is 5.69 Å². The molecule has 0 aromatic heterocycles. The molecule has 2 aromatic rings. The molecule has 0 aliphatic carbocycles. The second-order valence-electron chi connectivity index (χ2n) is 9.03. The van der Waals surface area contributed by atoms with Gasteiger partial charge in [0.1, 0.15) is 10.7 Å². The van der Waals surface area contributed by atoms with E-state index in [1.165, 1.54) is 4.90 Å². The number of nitrogens with one attached hydrogen (secondary N) is 1. The first-order valence-corrected chi connectivity index (χ1v) is 10.4. The highest BCUT2D eigenvalue weighted by Crippen LogP contribution is 2.42. The van der Waals surface area contributed by atoms with Gasteiger partial charge in [0, 0.05) is 20.9 Å². The number of phenols is 1. The number of aromatic hydroxyl groups is 1. The Hall–Kier alpha value is -1.78. The van der Waals surface area contributed by atoms with Crippen molar-refractivity contribution in [3.8, 4) is 5.75 Å². The summed E-state index contributed by atoms with van der Waals surface area (Å²) in [5.74, 6) is 0.402. The number of hydrogen-bond acceptors (Lipinski definition) is 3. The van der Waals surface area contributed by atoms with Crippen molar-refractivity contribution >= 4 is 40.7 Å². The number of anilines is 1. The Bertz CT molecular complexity index is 895. The summed E-state index contributed by atoms with van der Waals surface area (Å²) in [5.41, 5.74) is 3.74. The minimum absolute atomic E-state index is 0.149. The van der Waals surface area contributed by atoms with Crippen LogP contribution < -0.4 is 5.32 Å². The van der Waals surface area contributed by atoms with Gasteiger partial charge in [0.2, 0.25) is 0 Å². The molecular formula is C23H27NOS2. The zero-order chi connectivity index (χ0) is 20.0. The van der Waals surface area contributed by atoms with Gasteiger partial charge in [-0.2, -0.15) is 0 Å². The summed E-state index contributed by atoms with van der Waals surface area (Å²) in [4.78, 5) is 2.93. The molecule has 0 amide bonds. The van der Waals surface area contributed by atoms with Crippen LogP contribution in [0.25, 0.3) is 6.08 Å². The number of rotatable bonds is 1. The third-order valence-electron chi connectivity index (χ3n) is 4.63. The SMILES string of the molecule is CC(C)(C)c1cc(C=C2Sc3ccccc3NC2=S)cc(C(C)(C)C)c1O. The maximum Gasteiger partial charge on any atom is 0.123 e. The van der Waals surface area contributed by atoms with E-state index in [1.54, 1.807) is 11.8 Å². The average molecular weight is 398 g/mol. The topological polar surface area (TPSA) is 32.3 Å². The standard InChI is InChI=1S/C23H27NOS2/c1-22(2,3)15-11-14(12-16(20(15)25)23(4,5)6)13-19-21(26)24-17-9-7-8-10-18(17)27-19/h7-13,25H,1-6H3,(H,24,26). The van der Waals surface area contributed by atoms with Crippen LogP contribution in [0.5, 0.6) is 5.75 Å². The van der Waals surface area contributed by atoms with Gasteiger partial charge in [-0.05, 0) is 46.7 Å². The molecule has 1 heterocycles. The number of hydrogen-bond donors (Lipinski definition) is 2. The summed E-state index contributed by atoms with van der Waals surface area (Å²) in [6.45, 7) is 12.8. The Morgan fingerprint density at radius 2 is 1.52 bits per heavy atom. The number of fused-ring (bicyclic) bond motifs is 1. The lowest BCUT2D eigenvalue weighted by molar-refractivity contribution is 0.423. The molecule has 142 valence electrons. The van der Waals surface area contributed by atoms with E-state index in [0.717, 1.165) is 32.3 Å². The van der Waals surface area contributed by atoms with Crippen molar-refractivity contribution in [3.05, 3.63) is 58.0 Å². The fourth-order valence-electron chi connectivity index (χ4n) is 3.14. The van der Waals surface area contributed by atoms with Crippen LogP contribution in [0.15, 0.2) is 46.2 Å². The van der Waals surface area contributed by atoms with E-state index >= 15 is 0 Å². The average Bonchev–Trinajstić information content (AvgIpc) is 2.54. The van der Waals surface area contributed by atoms with E-state index in [1.807, 2.05) is 18.2 Å². The van der Waals surface area contributed by atoms with E-state index < -0.39 is 0 Å². The molecule has 0 unspecified atom stereocenters. The van der Waals surface area contributed by atoms with Gasteiger partial charge in [0.15, 0.2) is 0 Å². The Kier molecular flexibility index (Phi) is 5.17. The molecule has 1 aliphatic heterocycles. The van der Waals surface area contributed by atoms with Gasteiger partial charge in [0.25, 0.3) is 0 Å². The fourth-order valence-corrected chi connectivity index (χ4v) is 4.38. The Morgan fingerprint density at radius 1 is 0.963 bits per heavy atom. The van der Waals surface area contributed by atoms with Crippen LogP contribution in [-0.4, -0.2) is 10.1 Å². The van der Waals surface area contributed by atoms with Crippen molar-refractivity contribution in [2.24, 2.45) is 0 Å². The molecular weight excluding hydrogens is 370 g/mol. The Balaban J connectivity index is 2.12. The summed E-state index contributed by atoms with van der Waals surface area (Å²) in [5, 5.41) is 14.2. The summed E-state index contributed by atoms with van der Waals surface area (Å²) in [6, 6.07) is 12.4. The van der Waals surface area contributed by atoms with Crippen molar-refractivity contribution in [2.45, 2.75) is 57.3 Å². The summed E-state index contributed by atoms with van der Waals surface area (Å²) in [6.07, 6.45) is 2.12. The quantitative estimate of drug-likeness (QED) is 0.406. The molecule has 0 saturated carbocycles. The third kappa shape index (κ3) is 4.22. The van der Waals surface area contributed by atoms with Crippen LogP contribution in [0.3, 0.4) is 0 Å². The van der Waals surface area contributed by atoms with Gasteiger partial charge in [-0.1, -0.05) is 77.7 Å². The minimum atomic E-state index is -0.149. The predicted octanol–water partition coefficient (Wildman–Crippen LogP) is 6.87. The maximum absolute atomic E-state index is 10.9. The van der Waals surface area contributed by atoms with Crippen molar-refractivity contribution in [2.75, 3.05) is 5.32 Å². The molecule has 1 aliphatic rings. The zero-order valence-electron chi connectivity index (χ0n) is 16.8. The van der Waals surface area contributed by atoms with Gasteiger partial charge >= 0.3 is 0 Å². The van der Waals surface area contributed by atoms with E-state index in [-0.39, 0.29) is 10.8 Å². The zero-order valence-corrected chi connectivity index (χ0v) is 18.4. The third-order valence-corrected chi connectivity index (χ3v) is 6.19. The molecule has 27 heavy (non-hydrogen) atoms. The highest BCUT2D eigenvalue weighted by Gasteiger charge is 2.26. The molecule has 2 aromatic carbocycles. The van der Waals surface area contributed by atoms with Crippen molar-refractivity contribution in [1.29, 1.82) is 0 Å². The molecule has 4 heteroatoms. The molecule has 0 saturated heterocycles. The lowest BCUT2D eigenvalue weighted by Gasteiger charge is -2.28. The molecule has 0 fully saturated rings. The van der Waals surface area contributed by atoms with Gasteiger partial charge in [-0.25, -0.2) is 0 Å². The smallest absolute Gasteiger partial charge is 0.123 e. The highest BCUT2D eigenvalue weighted by atomic mass is 32.2. The van der Waals surface area contributed by atoms with Crippen molar-refractivity contribution < 1.29 is 5.11 Å². The molecule has 0 spiro atoms. The molecule has 2 N–H and O–H groups in total. The highest BCUT2D eigenvalue weighted by molar-refractivity contribution is 8.05. The van der Waals surface area contributed by atoms with Gasteiger partial charge < -0.3 is 10.4 Å². The van der Waals surface area contributed by atoms with E-state index in [0.29, 0.717) is 5.75 Å². The normalized spacial score (nSPS) is 16.2. The molecule has 0 atom stereocenters. The summed E-state index contributed by atoms with van der Waals surface area (Å²) >= 11 is 7.28. The summed E-state index contributed by atoms with van der Waals surface area (Å²) in [7, 11) is 0. The van der Waals surface area contributed by atoms with Gasteiger partial charge in [0.05, 0.1) is 5.69 Å².